The number of carbonyl (C=O) groups is 1. The Bertz CT molecular complexity index is 600. The monoisotopic (exact) mass is 317 g/mol. The highest BCUT2D eigenvalue weighted by atomic mass is 19.4. The van der Waals surface area contributed by atoms with E-state index in [1.165, 1.54) is 0 Å². The lowest BCUT2D eigenvalue weighted by Crippen LogP contribution is -2.41. The third-order valence-electron chi connectivity index (χ3n) is 3.53. The maximum Gasteiger partial charge on any atom is 0.416 e. The molecule has 0 saturated heterocycles. The first kappa shape index (κ1) is 16.2. The van der Waals surface area contributed by atoms with Gasteiger partial charge in [0.15, 0.2) is 0 Å². The number of nitrogens with zero attached hydrogens (tertiary/aromatic N) is 1. The number of hydrogen-bond acceptors (Lipinski definition) is 4. The lowest BCUT2D eigenvalue weighted by molar-refractivity contribution is -0.385. The van der Waals surface area contributed by atoms with Gasteiger partial charge in [0.1, 0.15) is 5.56 Å². The summed E-state index contributed by atoms with van der Waals surface area (Å²) in [4.78, 5) is 22.0. The van der Waals surface area contributed by atoms with Crippen LogP contribution >= 0.6 is 0 Å². The van der Waals surface area contributed by atoms with Gasteiger partial charge in [0.25, 0.3) is 11.6 Å². The van der Waals surface area contributed by atoms with E-state index in [-0.39, 0.29) is 18.5 Å². The molecule has 3 N–H and O–H groups in total. The summed E-state index contributed by atoms with van der Waals surface area (Å²) < 4.78 is 37.8. The van der Waals surface area contributed by atoms with Crippen LogP contribution in [0.3, 0.4) is 0 Å². The standard InChI is InChI=1S/C13H14F3N3O3/c14-13(15,16)8-3-4-9(11(5-8)19(21)22)12(20)18-10(6-17)7-1-2-7/h3-5,7,10H,1-2,6,17H2,(H,18,20). The molecule has 9 heteroatoms. The Hall–Kier alpha value is -2.16. The molecule has 1 atom stereocenters. The fourth-order valence-electron chi connectivity index (χ4n) is 2.16. The van der Waals surface area contributed by atoms with E-state index in [1.54, 1.807) is 0 Å². The van der Waals surface area contributed by atoms with Crippen molar-refractivity contribution in [3.8, 4) is 0 Å². The minimum Gasteiger partial charge on any atom is -0.348 e. The number of nitrogens with two attached hydrogens (primary N) is 1. The molecular weight excluding hydrogens is 303 g/mol. The number of nitrogens with one attached hydrogen (secondary N) is 1. The number of carbonyl (C=O) groups excluding carboxylic acids is 1. The molecule has 1 aromatic rings. The van der Waals surface area contributed by atoms with E-state index in [0.29, 0.717) is 12.1 Å². The predicted molar refractivity (Wildman–Crippen MR) is 71.1 cm³/mol. The van der Waals surface area contributed by atoms with E-state index in [0.717, 1.165) is 18.9 Å². The fraction of sp³-hybridized carbons (Fsp3) is 0.462. The van der Waals surface area contributed by atoms with E-state index in [1.807, 2.05) is 0 Å². The number of alkyl halides is 3. The molecule has 1 fully saturated rings. The van der Waals surface area contributed by atoms with Gasteiger partial charge in [-0.1, -0.05) is 0 Å². The maximum atomic E-state index is 12.6. The summed E-state index contributed by atoms with van der Waals surface area (Å²) >= 11 is 0. The quantitative estimate of drug-likeness (QED) is 0.641. The van der Waals surface area contributed by atoms with Gasteiger partial charge in [-0.25, -0.2) is 0 Å². The van der Waals surface area contributed by atoms with Gasteiger partial charge in [-0.05, 0) is 30.9 Å². The lowest BCUT2D eigenvalue weighted by Gasteiger charge is -2.16. The molecule has 1 amide bonds. The van der Waals surface area contributed by atoms with Crippen molar-refractivity contribution in [3.63, 3.8) is 0 Å². The normalized spacial score (nSPS) is 16.2. The van der Waals surface area contributed by atoms with E-state index in [9.17, 15) is 28.1 Å². The summed E-state index contributed by atoms with van der Waals surface area (Å²) in [5.41, 5.74) is 3.07. The maximum absolute atomic E-state index is 12.6. The molecular formula is C13H14F3N3O3. The van der Waals surface area contributed by atoms with Crippen molar-refractivity contribution in [2.45, 2.75) is 25.1 Å². The Balaban J connectivity index is 2.29. The number of nitro benzene ring substituents is 1. The molecule has 1 saturated carbocycles. The van der Waals surface area contributed by atoms with Crippen LogP contribution in [0.25, 0.3) is 0 Å². The molecule has 6 nitrogen and oxygen atoms in total. The number of nitro groups is 1. The first-order chi connectivity index (χ1) is 10.2. The van der Waals surface area contributed by atoms with Gasteiger partial charge in [-0.15, -0.1) is 0 Å². The number of halogens is 3. The molecule has 1 aliphatic rings. The van der Waals surface area contributed by atoms with Crippen LogP contribution in [0.1, 0.15) is 28.8 Å². The molecule has 1 aromatic carbocycles. The molecule has 1 aliphatic carbocycles. The van der Waals surface area contributed by atoms with Gasteiger partial charge in [-0.2, -0.15) is 13.2 Å². The predicted octanol–water partition coefficient (Wildman–Crippen LogP) is 2.08. The van der Waals surface area contributed by atoms with Crippen molar-refractivity contribution < 1.29 is 22.9 Å². The summed E-state index contributed by atoms with van der Waals surface area (Å²) in [7, 11) is 0. The van der Waals surface area contributed by atoms with Gasteiger partial charge in [0.2, 0.25) is 0 Å². The van der Waals surface area contributed by atoms with Crippen molar-refractivity contribution in [1.29, 1.82) is 0 Å². The summed E-state index contributed by atoms with van der Waals surface area (Å²) in [6.07, 6.45) is -2.91. The lowest BCUT2D eigenvalue weighted by atomic mass is 10.1. The van der Waals surface area contributed by atoms with Gasteiger partial charge in [0, 0.05) is 18.7 Å². The van der Waals surface area contributed by atoms with Crippen molar-refractivity contribution in [2.24, 2.45) is 11.7 Å². The van der Waals surface area contributed by atoms with Crippen LogP contribution < -0.4 is 11.1 Å². The van der Waals surface area contributed by atoms with Crippen molar-refractivity contribution >= 4 is 11.6 Å². The van der Waals surface area contributed by atoms with Gasteiger partial charge >= 0.3 is 6.18 Å². The summed E-state index contributed by atoms with van der Waals surface area (Å²) in [5, 5.41) is 13.5. The largest absolute Gasteiger partial charge is 0.416 e. The first-order valence-corrected chi connectivity index (χ1v) is 6.60. The molecule has 2 rings (SSSR count). The second-order valence-corrected chi connectivity index (χ2v) is 5.14. The van der Waals surface area contributed by atoms with E-state index in [4.69, 9.17) is 5.73 Å². The average Bonchev–Trinajstić information content (AvgIpc) is 3.27. The first-order valence-electron chi connectivity index (χ1n) is 6.60. The zero-order valence-electron chi connectivity index (χ0n) is 11.4. The molecule has 0 radical (unpaired) electrons. The third kappa shape index (κ3) is 3.53. The number of hydrogen-bond donors (Lipinski definition) is 2. The molecule has 0 bridgehead atoms. The fourth-order valence-corrected chi connectivity index (χ4v) is 2.16. The molecule has 0 aromatic heterocycles. The van der Waals surface area contributed by atoms with Crippen LogP contribution in [0.4, 0.5) is 18.9 Å². The smallest absolute Gasteiger partial charge is 0.348 e. The van der Waals surface area contributed by atoms with Crippen LogP contribution in [-0.2, 0) is 6.18 Å². The minimum atomic E-state index is -4.71. The molecule has 0 heterocycles. The van der Waals surface area contributed by atoms with Crippen LogP contribution in [0, 0.1) is 16.0 Å². The molecule has 22 heavy (non-hydrogen) atoms. The summed E-state index contributed by atoms with van der Waals surface area (Å²) in [6.45, 7) is 0.171. The molecule has 1 unspecified atom stereocenters. The Kier molecular flexibility index (Phi) is 4.36. The van der Waals surface area contributed by atoms with Crippen LogP contribution in [0.15, 0.2) is 18.2 Å². The van der Waals surface area contributed by atoms with E-state index in [2.05, 4.69) is 5.32 Å². The second-order valence-electron chi connectivity index (χ2n) is 5.14. The van der Waals surface area contributed by atoms with Crippen molar-refractivity contribution in [1.82, 2.24) is 5.32 Å². The number of benzene rings is 1. The minimum absolute atomic E-state index is 0.171. The van der Waals surface area contributed by atoms with Gasteiger partial charge in [-0.3, -0.25) is 14.9 Å². The Morgan fingerprint density at radius 3 is 2.55 bits per heavy atom. The van der Waals surface area contributed by atoms with Crippen LogP contribution in [-0.4, -0.2) is 23.4 Å². The summed E-state index contributed by atoms with van der Waals surface area (Å²) in [5.74, 6) is -0.565. The van der Waals surface area contributed by atoms with Crippen molar-refractivity contribution in [3.05, 3.63) is 39.4 Å². The Morgan fingerprint density at radius 1 is 1.45 bits per heavy atom. The third-order valence-corrected chi connectivity index (χ3v) is 3.53. The highest BCUT2D eigenvalue weighted by Crippen LogP contribution is 2.34. The number of amides is 1. The Morgan fingerprint density at radius 2 is 2.09 bits per heavy atom. The zero-order valence-corrected chi connectivity index (χ0v) is 11.4. The van der Waals surface area contributed by atoms with Gasteiger partial charge in [0.05, 0.1) is 10.5 Å². The zero-order chi connectivity index (χ0) is 16.5. The van der Waals surface area contributed by atoms with Crippen molar-refractivity contribution in [2.75, 3.05) is 6.54 Å². The highest BCUT2D eigenvalue weighted by molar-refractivity contribution is 5.98. The van der Waals surface area contributed by atoms with Crippen LogP contribution in [0.5, 0.6) is 0 Å². The average molecular weight is 317 g/mol. The van der Waals surface area contributed by atoms with Gasteiger partial charge < -0.3 is 11.1 Å². The Labute approximate surface area is 123 Å². The highest BCUT2D eigenvalue weighted by Gasteiger charge is 2.35. The van der Waals surface area contributed by atoms with E-state index < -0.39 is 33.8 Å². The topological polar surface area (TPSA) is 98.3 Å². The SMILES string of the molecule is NCC(NC(=O)c1ccc(C(F)(F)F)cc1[N+](=O)[O-])C1CC1. The number of rotatable bonds is 5. The van der Waals surface area contributed by atoms with E-state index >= 15 is 0 Å². The second kappa shape index (κ2) is 5.91. The molecule has 120 valence electrons. The van der Waals surface area contributed by atoms with Crippen LogP contribution in [0.2, 0.25) is 0 Å². The molecule has 0 aliphatic heterocycles. The summed E-state index contributed by atoms with van der Waals surface area (Å²) in [6, 6.07) is 1.51. The molecule has 0 spiro atoms.